The molecule has 0 radical (unpaired) electrons. The number of carbonyl (C=O) groups excluding carboxylic acids is 1. The molecule has 0 aliphatic rings. The fraction of sp³-hybridized carbons (Fsp3) is 0.176. The van der Waals surface area contributed by atoms with Crippen LogP contribution in [0.4, 0.5) is 5.69 Å². The van der Waals surface area contributed by atoms with Crippen molar-refractivity contribution in [3.8, 4) is 17.2 Å². The molecule has 0 aliphatic carbocycles. The van der Waals surface area contributed by atoms with E-state index in [2.05, 4.69) is 15.8 Å². The number of phenols is 1. The van der Waals surface area contributed by atoms with E-state index in [0.29, 0.717) is 16.3 Å². The van der Waals surface area contributed by atoms with Crippen LogP contribution in [0.2, 0.25) is 5.02 Å². The molecule has 1 amide bonds. The van der Waals surface area contributed by atoms with Crippen molar-refractivity contribution >= 4 is 29.4 Å². The maximum atomic E-state index is 11.8. The van der Waals surface area contributed by atoms with Crippen molar-refractivity contribution in [1.82, 2.24) is 5.43 Å². The number of nitrogens with one attached hydrogen (secondary N) is 2. The van der Waals surface area contributed by atoms with E-state index < -0.39 is 0 Å². The number of anilines is 1. The van der Waals surface area contributed by atoms with E-state index in [1.165, 1.54) is 20.4 Å². The number of methoxy groups -OCH3 is 2. The summed E-state index contributed by atoms with van der Waals surface area (Å²) >= 11 is 5.99. The van der Waals surface area contributed by atoms with E-state index in [-0.39, 0.29) is 29.7 Å². The minimum atomic E-state index is -0.339. The van der Waals surface area contributed by atoms with Crippen molar-refractivity contribution in [3.63, 3.8) is 0 Å². The van der Waals surface area contributed by atoms with E-state index >= 15 is 0 Å². The van der Waals surface area contributed by atoms with Gasteiger partial charge in [-0.2, -0.15) is 5.10 Å². The summed E-state index contributed by atoms with van der Waals surface area (Å²) in [6.07, 6.45) is 1.41. The molecule has 0 aliphatic heterocycles. The third kappa shape index (κ3) is 5.02. The van der Waals surface area contributed by atoms with Crippen LogP contribution in [0.1, 0.15) is 5.56 Å². The topological polar surface area (TPSA) is 92.2 Å². The molecule has 0 aromatic heterocycles. The second kappa shape index (κ2) is 8.79. The SMILES string of the molecule is COc1cc(/C=N/NC(=O)CNc2ccccc2Cl)cc(OC)c1O. The lowest BCUT2D eigenvalue weighted by Gasteiger charge is -2.09. The minimum Gasteiger partial charge on any atom is -0.502 e. The van der Waals surface area contributed by atoms with Gasteiger partial charge in [-0.05, 0) is 24.3 Å². The van der Waals surface area contributed by atoms with Crippen LogP contribution in [-0.2, 0) is 4.79 Å². The summed E-state index contributed by atoms with van der Waals surface area (Å²) in [6.45, 7) is 0.0172. The molecule has 7 nitrogen and oxygen atoms in total. The van der Waals surface area contributed by atoms with E-state index in [0.717, 1.165) is 0 Å². The number of ether oxygens (including phenoxy) is 2. The molecule has 0 saturated carbocycles. The molecule has 0 spiro atoms. The molecule has 0 atom stereocenters. The van der Waals surface area contributed by atoms with Gasteiger partial charge in [-0.3, -0.25) is 4.79 Å². The lowest BCUT2D eigenvalue weighted by atomic mass is 10.2. The maximum absolute atomic E-state index is 11.8. The van der Waals surface area contributed by atoms with Crippen LogP contribution in [0.3, 0.4) is 0 Å². The molecule has 0 unspecified atom stereocenters. The van der Waals surface area contributed by atoms with Crippen LogP contribution in [0.15, 0.2) is 41.5 Å². The number of nitrogens with zero attached hydrogens (tertiary/aromatic N) is 1. The van der Waals surface area contributed by atoms with Gasteiger partial charge in [-0.25, -0.2) is 5.43 Å². The van der Waals surface area contributed by atoms with Gasteiger partial charge < -0.3 is 19.9 Å². The van der Waals surface area contributed by atoms with Gasteiger partial charge in [-0.15, -0.1) is 0 Å². The predicted octanol–water partition coefficient (Wildman–Crippen LogP) is 2.63. The molecule has 2 aromatic rings. The number of hydrogen-bond acceptors (Lipinski definition) is 6. The largest absolute Gasteiger partial charge is 0.502 e. The zero-order valence-corrected chi connectivity index (χ0v) is 14.5. The number of hydrazone groups is 1. The van der Waals surface area contributed by atoms with Crippen molar-refractivity contribution in [3.05, 3.63) is 47.0 Å². The van der Waals surface area contributed by atoms with Crippen molar-refractivity contribution in [2.24, 2.45) is 5.10 Å². The minimum absolute atomic E-state index is 0.0172. The molecule has 8 heteroatoms. The lowest BCUT2D eigenvalue weighted by molar-refractivity contribution is -0.119. The Balaban J connectivity index is 1.94. The summed E-state index contributed by atoms with van der Waals surface area (Å²) in [7, 11) is 2.86. The lowest BCUT2D eigenvalue weighted by Crippen LogP contribution is -2.25. The molecule has 0 bridgehead atoms. The Hall–Kier alpha value is -2.93. The first kappa shape index (κ1) is 18.4. The number of phenolic OH excluding ortho intramolecular Hbond substituents is 1. The average molecular weight is 364 g/mol. The van der Waals surface area contributed by atoms with Crippen LogP contribution in [0.25, 0.3) is 0 Å². The third-order valence-electron chi connectivity index (χ3n) is 3.22. The second-order valence-electron chi connectivity index (χ2n) is 4.90. The second-order valence-corrected chi connectivity index (χ2v) is 5.31. The summed E-state index contributed by atoms with van der Waals surface area (Å²) in [5.41, 5.74) is 3.64. The van der Waals surface area contributed by atoms with Crippen molar-refractivity contribution in [2.45, 2.75) is 0 Å². The van der Waals surface area contributed by atoms with E-state index in [1.54, 1.807) is 30.3 Å². The highest BCUT2D eigenvalue weighted by molar-refractivity contribution is 6.33. The smallest absolute Gasteiger partial charge is 0.259 e. The molecule has 0 fully saturated rings. The average Bonchev–Trinajstić information content (AvgIpc) is 2.62. The third-order valence-corrected chi connectivity index (χ3v) is 3.55. The zero-order chi connectivity index (χ0) is 18.2. The molecule has 0 heterocycles. The summed E-state index contributed by atoms with van der Waals surface area (Å²) in [5.74, 6) is 0.0454. The number of rotatable bonds is 7. The predicted molar refractivity (Wildman–Crippen MR) is 96.9 cm³/mol. The molecular weight excluding hydrogens is 346 g/mol. The molecule has 0 saturated heterocycles. The van der Waals surface area contributed by atoms with Crippen LogP contribution in [-0.4, -0.2) is 38.0 Å². The van der Waals surface area contributed by atoms with Crippen LogP contribution >= 0.6 is 11.6 Å². The summed E-state index contributed by atoms with van der Waals surface area (Å²) < 4.78 is 10.1. The van der Waals surface area contributed by atoms with Crippen LogP contribution in [0, 0.1) is 0 Å². The monoisotopic (exact) mass is 363 g/mol. The number of benzene rings is 2. The molecule has 132 valence electrons. The van der Waals surface area contributed by atoms with Gasteiger partial charge in [-0.1, -0.05) is 23.7 Å². The van der Waals surface area contributed by atoms with Gasteiger partial charge in [0.05, 0.1) is 37.7 Å². The summed E-state index contributed by atoms with van der Waals surface area (Å²) in [5, 5.41) is 17.2. The maximum Gasteiger partial charge on any atom is 0.259 e. The number of halogens is 1. The fourth-order valence-corrected chi connectivity index (χ4v) is 2.19. The van der Waals surface area contributed by atoms with Crippen molar-refractivity contribution < 1.29 is 19.4 Å². The number of hydrogen-bond donors (Lipinski definition) is 3. The summed E-state index contributed by atoms with van der Waals surface area (Å²) in [6, 6.07) is 10.2. The first-order valence-electron chi connectivity index (χ1n) is 7.30. The summed E-state index contributed by atoms with van der Waals surface area (Å²) in [4.78, 5) is 11.8. The standard InChI is InChI=1S/C17H18ClN3O4/c1-24-14-7-11(8-15(25-2)17(14)23)9-20-21-16(22)10-19-13-6-4-3-5-12(13)18/h3-9,19,23H,10H2,1-2H3,(H,21,22)/b20-9+. The Labute approximate surface area is 150 Å². The highest BCUT2D eigenvalue weighted by Gasteiger charge is 2.10. The van der Waals surface area contributed by atoms with Crippen LogP contribution < -0.4 is 20.2 Å². The highest BCUT2D eigenvalue weighted by Crippen LogP contribution is 2.36. The number of carbonyl (C=O) groups is 1. The van der Waals surface area contributed by atoms with E-state index in [1.807, 2.05) is 6.07 Å². The Morgan fingerprint density at radius 2 is 1.88 bits per heavy atom. The van der Waals surface area contributed by atoms with E-state index in [4.69, 9.17) is 21.1 Å². The number of para-hydroxylation sites is 1. The van der Waals surface area contributed by atoms with Gasteiger partial charge in [0.2, 0.25) is 5.75 Å². The van der Waals surface area contributed by atoms with Gasteiger partial charge >= 0.3 is 0 Å². The fourth-order valence-electron chi connectivity index (χ4n) is 1.99. The molecule has 2 rings (SSSR count). The van der Waals surface area contributed by atoms with Gasteiger partial charge in [0.15, 0.2) is 11.5 Å². The normalized spacial score (nSPS) is 10.5. The van der Waals surface area contributed by atoms with Crippen molar-refractivity contribution in [2.75, 3.05) is 26.1 Å². The first-order valence-corrected chi connectivity index (χ1v) is 7.68. The first-order chi connectivity index (χ1) is 12.0. The van der Waals surface area contributed by atoms with E-state index in [9.17, 15) is 9.90 Å². The Morgan fingerprint density at radius 3 is 2.48 bits per heavy atom. The number of amides is 1. The van der Waals surface area contributed by atoms with Gasteiger partial charge in [0.1, 0.15) is 0 Å². The zero-order valence-electron chi connectivity index (χ0n) is 13.7. The van der Waals surface area contributed by atoms with Crippen LogP contribution in [0.5, 0.6) is 17.2 Å². The highest BCUT2D eigenvalue weighted by atomic mass is 35.5. The van der Waals surface area contributed by atoms with Gasteiger partial charge in [0.25, 0.3) is 5.91 Å². The quantitative estimate of drug-likeness (QED) is 0.519. The molecule has 25 heavy (non-hydrogen) atoms. The Kier molecular flexibility index (Phi) is 6.47. The Bertz CT molecular complexity index is 755. The van der Waals surface area contributed by atoms with Gasteiger partial charge in [0, 0.05) is 5.56 Å². The Morgan fingerprint density at radius 1 is 1.24 bits per heavy atom. The molecular formula is C17H18ClN3O4. The van der Waals surface area contributed by atoms with Crippen molar-refractivity contribution in [1.29, 1.82) is 0 Å². The molecule has 3 N–H and O–H groups in total. The number of aromatic hydroxyl groups is 1. The molecule has 2 aromatic carbocycles.